The molecule has 0 aliphatic rings. The highest BCUT2D eigenvalue weighted by Crippen LogP contribution is 2.23. The predicted octanol–water partition coefficient (Wildman–Crippen LogP) is 5.24. The van der Waals surface area contributed by atoms with Crippen LogP contribution in [0.3, 0.4) is 0 Å². The molecule has 3 heteroatoms. The van der Waals surface area contributed by atoms with E-state index < -0.39 is 0 Å². The summed E-state index contributed by atoms with van der Waals surface area (Å²) in [4.78, 5) is 2.18. The monoisotopic (exact) mass is 337 g/mol. The fraction of sp³-hybridized carbons (Fsp3) is 0.364. The Balaban J connectivity index is 2.24. The normalized spacial score (nSPS) is 13.0. The van der Waals surface area contributed by atoms with Crippen molar-refractivity contribution in [3.63, 3.8) is 0 Å². The van der Waals surface area contributed by atoms with Crippen LogP contribution in [0.1, 0.15) is 29.2 Å². The van der Waals surface area contributed by atoms with E-state index in [2.05, 4.69) is 107 Å². The van der Waals surface area contributed by atoms with Crippen LogP contribution in [0, 0.1) is 27.7 Å². The number of rotatable bonds is 6. The lowest BCUT2D eigenvalue weighted by Gasteiger charge is -2.26. The SMILES string of the molecule is CC(=CC(Nc1c(C)cccc1C)N(C)C)Nc1c(C)cccc1C. The van der Waals surface area contributed by atoms with E-state index in [0.29, 0.717) is 0 Å². The second-order valence-electron chi connectivity index (χ2n) is 7.06. The first kappa shape index (κ1) is 19.1. The fourth-order valence-corrected chi connectivity index (χ4v) is 3.00. The number of benzene rings is 2. The Kier molecular flexibility index (Phi) is 6.27. The van der Waals surface area contributed by atoms with Gasteiger partial charge in [0.15, 0.2) is 0 Å². The van der Waals surface area contributed by atoms with E-state index in [1.165, 1.54) is 33.6 Å². The molecule has 0 fully saturated rings. The maximum absolute atomic E-state index is 3.67. The van der Waals surface area contributed by atoms with E-state index in [1.807, 2.05) is 0 Å². The molecule has 2 rings (SSSR count). The second kappa shape index (κ2) is 8.21. The van der Waals surface area contributed by atoms with Crippen molar-refractivity contribution in [3.8, 4) is 0 Å². The van der Waals surface area contributed by atoms with Crippen LogP contribution in [-0.4, -0.2) is 25.2 Å². The fourth-order valence-electron chi connectivity index (χ4n) is 3.00. The van der Waals surface area contributed by atoms with E-state index >= 15 is 0 Å². The molecule has 1 unspecified atom stereocenters. The van der Waals surface area contributed by atoms with Crippen molar-refractivity contribution in [1.29, 1.82) is 0 Å². The van der Waals surface area contributed by atoms with Crippen LogP contribution in [0.2, 0.25) is 0 Å². The first-order valence-corrected chi connectivity index (χ1v) is 8.80. The first-order chi connectivity index (χ1) is 11.8. The molecule has 3 nitrogen and oxygen atoms in total. The van der Waals surface area contributed by atoms with Crippen LogP contribution in [0.15, 0.2) is 48.2 Å². The number of anilines is 2. The lowest BCUT2D eigenvalue weighted by molar-refractivity contribution is 0.371. The number of aryl methyl sites for hydroxylation is 4. The minimum atomic E-state index is 0.108. The molecule has 25 heavy (non-hydrogen) atoms. The van der Waals surface area contributed by atoms with E-state index in [0.717, 1.165) is 5.70 Å². The van der Waals surface area contributed by atoms with Gasteiger partial charge in [-0.25, -0.2) is 0 Å². The smallest absolute Gasteiger partial charge is 0.100 e. The third-order valence-corrected chi connectivity index (χ3v) is 4.54. The molecule has 0 bridgehead atoms. The topological polar surface area (TPSA) is 27.3 Å². The number of allylic oxidation sites excluding steroid dienone is 1. The van der Waals surface area contributed by atoms with Gasteiger partial charge in [0, 0.05) is 17.1 Å². The molecule has 0 spiro atoms. The third-order valence-electron chi connectivity index (χ3n) is 4.54. The van der Waals surface area contributed by atoms with Gasteiger partial charge in [0.2, 0.25) is 0 Å². The molecule has 0 heterocycles. The average Bonchev–Trinajstić information content (AvgIpc) is 2.53. The van der Waals surface area contributed by atoms with Crippen molar-refractivity contribution in [1.82, 2.24) is 4.90 Å². The van der Waals surface area contributed by atoms with Crippen molar-refractivity contribution in [2.24, 2.45) is 0 Å². The molecule has 0 aliphatic carbocycles. The number of nitrogens with one attached hydrogen (secondary N) is 2. The van der Waals surface area contributed by atoms with Gasteiger partial charge < -0.3 is 10.6 Å². The number of para-hydroxylation sites is 2. The van der Waals surface area contributed by atoms with Gasteiger partial charge in [-0.2, -0.15) is 0 Å². The Morgan fingerprint density at radius 3 is 1.72 bits per heavy atom. The van der Waals surface area contributed by atoms with Crippen LogP contribution in [0.25, 0.3) is 0 Å². The van der Waals surface area contributed by atoms with E-state index in [1.54, 1.807) is 0 Å². The number of likely N-dealkylation sites (N-methyl/N-ethyl adjacent to an activating group) is 1. The second-order valence-corrected chi connectivity index (χ2v) is 7.06. The first-order valence-electron chi connectivity index (χ1n) is 8.80. The van der Waals surface area contributed by atoms with E-state index in [4.69, 9.17) is 0 Å². The Bertz CT molecular complexity index is 719. The summed E-state index contributed by atoms with van der Waals surface area (Å²) in [5, 5.41) is 7.24. The molecule has 0 saturated carbocycles. The highest BCUT2D eigenvalue weighted by atomic mass is 15.2. The molecule has 1 atom stereocenters. The zero-order valence-corrected chi connectivity index (χ0v) is 16.6. The van der Waals surface area contributed by atoms with Gasteiger partial charge >= 0.3 is 0 Å². The summed E-state index contributed by atoms with van der Waals surface area (Å²) >= 11 is 0. The van der Waals surface area contributed by atoms with Crippen LogP contribution in [0.4, 0.5) is 11.4 Å². The molecule has 0 aliphatic heterocycles. The summed E-state index contributed by atoms with van der Waals surface area (Å²) < 4.78 is 0. The average molecular weight is 338 g/mol. The van der Waals surface area contributed by atoms with Gasteiger partial charge in [-0.1, -0.05) is 36.4 Å². The highest BCUT2D eigenvalue weighted by Gasteiger charge is 2.12. The molecule has 0 amide bonds. The standard InChI is InChI=1S/C22H31N3/c1-15-10-8-11-16(2)21(15)23-19(5)14-20(25(6)7)24-22-17(3)12-9-13-18(22)4/h8-14,20,23-24H,1-7H3. The van der Waals surface area contributed by atoms with Crippen molar-refractivity contribution in [3.05, 3.63) is 70.4 Å². The maximum Gasteiger partial charge on any atom is 0.100 e. The van der Waals surface area contributed by atoms with Crippen molar-refractivity contribution in [2.75, 3.05) is 24.7 Å². The van der Waals surface area contributed by atoms with Crippen molar-refractivity contribution in [2.45, 2.75) is 40.8 Å². The van der Waals surface area contributed by atoms with Crippen LogP contribution >= 0.6 is 0 Å². The zero-order valence-electron chi connectivity index (χ0n) is 16.6. The van der Waals surface area contributed by atoms with Gasteiger partial charge in [0.25, 0.3) is 0 Å². The summed E-state index contributed by atoms with van der Waals surface area (Å²) in [6.07, 6.45) is 2.34. The molecule has 0 aromatic heterocycles. The minimum Gasteiger partial charge on any atom is -0.366 e. The van der Waals surface area contributed by atoms with Gasteiger partial charge in [-0.3, -0.25) is 4.90 Å². The van der Waals surface area contributed by atoms with Gasteiger partial charge in [-0.15, -0.1) is 0 Å². The molecule has 0 saturated heterocycles. The quantitative estimate of drug-likeness (QED) is 0.706. The predicted molar refractivity (Wildman–Crippen MR) is 110 cm³/mol. The van der Waals surface area contributed by atoms with Crippen LogP contribution in [0.5, 0.6) is 0 Å². The molecular weight excluding hydrogens is 306 g/mol. The summed E-state index contributed by atoms with van der Waals surface area (Å²) in [7, 11) is 4.18. The molecular formula is C22H31N3. The van der Waals surface area contributed by atoms with E-state index in [-0.39, 0.29) is 6.17 Å². The van der Waals surface area contributed by atoms with Gasteiger partial charge in [0.1, 0.15) is 6.17 Å². The van der Waals surface area contributed by atoms with Gasteiger partial charge in [-0.05, 0) is 77.0 Å². The Morgan fingerprint density at radius 1 is 0.840 bits per heavy atom. The molecule has 2 aromatic rings. The molecule has 0 radical (unpaired) electrons. The largest absolute Gasteiger partial charge is 0.366 e. The lowest BCUT2D eigenvalue weighted by atomic mass is 10.1. The summed E-state index contributed by atoms with van der Waals surface area (Å²) in [5.41, 5.74) is 8.59. The molecule has 134 valence electrons. The Morgan fingerprint density at radius 2 is 1.28 bits per heavy atom. The van der Waals surface area contributed by atoms with Crippen molar-refractivity contribution >= 4 is 11.4 Å². The van der Waals surface area contributed by atoms with Crippen LogP contribution in [-0.2, 0) is 0 Å². The molecule has 2 N–H and O–H groups in total. The molecule has 2 aromatic carbocycles. The van der Waals surface area contributed by atoms with Gasteiger partial charge in [0.05, 0.1) is 0 Å². The Labute approximate surface area is 152 Å². The summed E-state index contributed by atoms with van der Waals surface area (Å²) in [5.74, 6) is 0. The summed E-state index contributed by atoms with van der Waals surface area (Å²) in [6.45, 7) is 10.7. The third kappa shape index (κ3) is 4.86. The number of hydrogen-bond acceptors (Lipinski definition) is 3. The lowest BCUT2D eigenvalue weighted by Crippen LogP contribution is -2.34. The minimum absolute atomic E-state index is 0.108. The maximum atomic E-state index is 3.67. The number of nitrogens with zero attached hydrogens (tertiary/aromatic N) is 1. The highest BCUT2D eigenvalue weighted by molar-refractivity contribution is 5.60. The Hall–Kier alpha value is -2.26. The van der Waals surface area contributed by atoms with Crippen LogP contribution < -0.4 is 10.6 Å². The van der Waals surface area contributed by atoms with Crippen molar-refractivity contribution < 1.29 is 0 Å². The van der Waals surface area contributed by atoms with E-state index in [9.17, 15) is 0 Å². The summed E-state index contributed by atoms with van der Waals surface area (Å²) in [6, 6.07) is 12.8. The zero-order chi connectivity index (χ0) is 18.6. The number of hydrogen-bond donors (Lipinski definition) is 2.